The fraction of sp³-hybridized carbons (Fsp3) is 0.294. The van der Waals surface area contributed by atoms with E-state index in [0.29, 0.717) is 24.5 Å². The molecule has 22 heavy (non-hydrogen) atoms. The molecule has 0 saturated carbocycles. The number of nitrogens with one attached hydrogen (secondary N) is 2. The average Bonchev–Trinajstić information content (AvgIpc) is 3.01. The molecule has 2 heterocycles. The molecule has 114 valence electrons. The van der Waals surface area contributed by atoms with Crippen molar-refractivity contribution in [3.05, 3.63) is 58.8 Å². The molecule has 1 aliphatic heterocycles. The molecule has 5 heteroatoms. The van der Waals surface area contributed by atoms with E-state index >= 15 is 0 Å². The first-order valence-electron chi connectivity index (χ1n) is 7.45. The summed E-state index contributed by atoms with van der Waals surface area (Å²) in [7, 11) is 0. The molecule has 0 fully saturated rings. The van der Waals surface area contributed by atoms with Gasteiger partial charge in [-0.25, -0.2) is 9.78 Å². The summed E-state index contributed by atoms with van der Waals surface area (Å²) < 4.78 is 5.05. The molecule has 0 amide bonds. The zero-order chi connectivity index (χ0) is 15.4. The minimum Gasteiger partial charge on any atom is -0.462 e. The van der Waals surface area contributed by atoms with Crippen LogP contribution in [0.15, 0.2) is 36.5 Å². The molecule has 0 unspecified atom stereocenters. The molecule has 1 aromatic heterocycles. The van der Waals surface area contributed by atoms with Crippen molar-refractivity contribution in [1.29, 1.82) is 0 Å². The summed E-state index contributed by atoms with van der Waals surface area (Å²) in [6, 6.07) is 9.90. The summed E-state index contributed by atoms with van der Waals surface area (Å²) in [5.41, 5.74) is 4.33. The van der Waals surface area contributed by atoms with Gasteiger partial charge in [0.15, 0.2) is 0 Å². The lowest BCUT2D eigenvalue weighted by Gasteiger charge is -2.11. The van der Waals surface area contributed by atoms with Crippen LogP contribution in [-0.2, 0) is 24.4 Å². The highest BCUT2D eigenvalue weighted by atomic mass is 16.5. The lowest BCUT2D eigenvalue weighted by molar-refractivity contribution is 0.0527. The van der Waals surface area contributed by atoms with Crippen LogP contribution in [0.25, 0.3) is 0 Å². The summed E-state index contributed by atoms with van der Waals surface area (Å²) in [6.45, 7) is 4.62. The molecule has 5 nitrogen and oxygen atoms in total. The van der Waals surface area contributed by atoms with Crippen molar-refractivity contribution in [2.45, 2.75) is 26.6 Å². The van der Waals surface area contributed by atoms with Crippen molar-refractivity contribution in [2.24, 2.45) is 0 Å². The standard InChI is InChI=1S/C17H19N3O2/c1-2-22-17(21)15-4-3-7-19-16(15)20-9-12-5-6-13-10-18-11-14(13)8-12/h3-8,18H,2,9-11H2,1H3,(H,19,20). The molecule has 2 aromatic rings. The normalized spacial score (nSPS) is 12.8. The van der Waals surface area contributed by atoms with Gasteiger partial charge in [-0.05, 0) is 35.7 Å². The number of ether oxygens (including phenoxy) is 1. The van der Waals surface area contributed by atoms with E-state index in [4.69, 9.17) is 4.74 Å². The van der Waals surface area contributed by atoms with E-state index in [9.17, 15) is 4.79 Å². The number of esters is 1. The van der Waals surface area contributed by atoms with Crippen LogP contribution in [0.4, 0.5) is 5.82 Å². The van der Waals surface area contributed by atoms with Gasteiger partial charge in [-0.2, -0.15) is 0 Å². The fourth-order valence-electron chi connectivity index (χ4n) is 2.56. The maximum Gasteiger partial charge on any atom is 0.341 e. The van der Waals surface area contributed by atoms with Crippen molar-refractivity contribution in [3.8, 4) is 0 Å². The second-order valence-electron chi connectivity index (χ2n) is 5.18. The number of nitrogens with zero attached hydrogens (tertiary/aromatic N) is 1. The number of aromatic nitrogens is 1. The minimum absolute atomic E-state index is 0.351. The molecule has 0 bridgehead atoms. The van der Waals surface area contributed by atoms with Gasteiger partial charge < -0.3 is 15.4 Å². The van der Waals surface area contributed by atoms with E-state index < -0.39 is 0 Å². The SMILES string of the molecule is CCOC(=O)c1cccnc1NCc1ccc2c(c1)CNC2. The third-order valence-electron chi connectivity index (χ3n) is 3.66. The Morgan fingerprint density at radius 1 is 1.32 bits per heavy atom. The van der Waals surface area contributed by atoms with Crippen LogP contribution in [-0.4, -0.2) is 17.6 Å². The van der Waals surface area contributed by atoms with Gasteiger partial charge in [-0.3, -0.25) is 0 Å². The largest absolute Gasteiger partial charge is 0.462 e. The maximum atomic E-state index is 11.9. The first kappa shape index (κ1) is 14.5. The van der Waals surface area contributed by atoms with Crippen molar-refractivity contribution in [3.63, 3.8) is 0 Å². The summed E-state index contributed by atoms with van der Waals surface area (Å²) in [5, 5.41) is 6.56. The fourth-order valence-corrected chi connectivity index (χ4v) is 2.56. The number of hydrogen-bond acceptors (Lipinski definition) is 5. The Morgan fingerprint density at radius 2 is 2.18 bits per heavy atom. The van der Waals surface area contributed by atoms with Gasteiger partial charge in [0.05, 0.1) is 6.61 Å². The highest BCUT2D eigenvalue weighted by Gasteiger charge is 2.14. The van der Waals surface area contributed by atoms with Crippen molar-refractivity contribution in [1.82, 2.24) is 10.3 Å². The highest BCUT2D eigenvalue weighted by molar-refractivity contribution is 5.94. The smallest absolute Gasteiger partial charge is 0.341 e. The number of pyridine rings is 1. The molecule has 0 atom stereocenters. The van der Waals surface area contributed by atoms with E-state index in [1.807, 2.05) is 0 Å². The average molecular weight is 297 g/mol. The van der Waals surface area contributed by atoms with Crippen LogP contribution >= 0.6 is 0 Å². The topological polar surface area (TPSA) is 63.2 Å². The van der Waals surface area contributed by atoms with Gasteiger partial charge in [-0.15, -0.1) is 0 Å². The van der Waals surface area contributed by atoms with E-state index in [1.165, 1.54) is 16.7 Å². The van der Waals surface area contributed by atoms with Crippen molar-refractivity contribution >= 4 is 11.8 Å². The van der Waals surface area contributed by atoms with Crippen LogP contribution in [0.5, 0.6) is 0 Å². The van der Waals surface area contributed by atoms with Crippen LogP contribution in [0, 0.1) is 0 Å². The predicted octanol–water partition coefficient (Wildman–Crippen LogP) is 2.47. The molecule has 0 spiro atoms. The zero-order valence-corrected chi connectivity index (χ0v) is 12.6. The van der Waals surface area contributed by atoms with E-state index in [-0.39, 0.29) is 5.97 Å². The van der Waals surface area contributed by atoms with Crippen LogP contribution < -0.4 is 10.6 Å². The highest BCUT2D eigenvalue weighted by Crippen LogP contribution is 2.19. The number of benzene rings is 1. The molecular weight excluding hydrogens is 278 g/mol. The Hall–Kier alpha value is -2.40. The van der Waals surface area contributed by atoms with E-state index in [2.05, 4.69) is 33.8 Å². The van der Waals surface area contributed by atoms with Crippen LogP contribution in [0.3, 0.4) is 0 Å². The molecule has 0 aliphatic carbocycles. The van der Waals surface area contributed by atoms with E-state index in [0.717, 1.165) is 13.1 Å². The first-order chi connectivity index (χ1) is 10.8. The minimum atomic E-state index is -0.351. The molecule has 1 aromatic carbocycles. The monoisotopic (exact) mass is 297 g/mol. The quantitative estimate of drug-likeness (QED) is 0.830. The van der Waals surface area contributed by atoms with Gasteiger partial charge in [0.1, 0.15) is 11.4 Å². The summed E-state index contributed by atoms with van der Waals surface area (Å²) in [5.74, 6) is 0.204. The Morgan fingerprint density at radius 3 is 3.05 bits per heavy atom. The Bertz CT molecular complexity index is 685. The van der Waals surface area contributed by atoms with Gasteiger partial charge >= 0.3 is 5.97 Å². The molecule has 0 saturated heterocycles. The summed E-state index contributed by atoms with van der Waals surface area (Å²) >= 11 is 0. The van der Waals surface area contributed by atoms with E-state index in [1.54, 1.807) is 25.3 Å². The molecular formula is C17H19N3O2. The van der Waals surface area contributed by atoms with Gasteiger partial charge in [0.25, 0.3) is 0 Å². The third-order valence-corrected chi connectivity index (χ3v) is 3.66. The number of rotatable bonds is 5. The lowest BCUT2D eigenvalue weighted by atomic mass is 10.1. The number of fused-ring (bicyclic) bond motifs is 1. The number of carbonyl (C=O) groups is 1. The second-order valence-corrected chi connectivity index (χ2v) is 5.18. The molecule has 3 rings (SSSR count). The summed E-state index contributed by atoms with van der Waals surface area (Å²) in [4.78, 5) is 16.2. The van der Waals surface area contributed by atoms with Gasteiger partial charge in [-0.1, -0.05) is 18.2 Å². The zero-order valence-electron chi connectivity index (χ0n) is 12.6. The maximum absolute atomic E-state index is 11.9. The summed E-state index contributed by atoms with van der Waals surface area (Å²) in [6.07, 6.45) is 1.66. The van der Waals surface area contributed by atoms with Gasteiger partial charge in [0.2, 0.25) is 0 Å². The predicted molar refractivity (Wildman–Crippen MR) is 84.5 cm³/mol. The van der Waals surface area contributed by atoms with Crippen molar-refractivity contribution in [2.75, 3.05) is 11.9 Å². The second kappa shape index (κ2) is 6.58. The third kappa shape index (κ3) is 3.09. The van der Waals surface area contributed by atoms with Crippen molar-refractivity contribution < 1.29 is 9.53 Å². The van der Waals surface area contributed by atoms with Crippen LogP contribution in [0.1, 0.15) is 34.0 Å². The lowest BCUT2D eigenvalue weighted by Crippen LogP contribution is -2.11. The molecule has 0 radical (unpaired) electrons. The van der Waals surface area contributed by atoms with Crippen LogP contribution in [0.2, 0.25) is 0 Å². The number of anilines is 1. The first-order valence-corrected chi connectivity index (χ1v) is 7.45. The Balaban J connectivity index is 1.72. The number of carbonyl (C=O) groups excluding carboxylic acids is 1. The molecule has 2 N–H and O–H groups in total. The molecule has 1 aliphatic rings. The Kier molecular flexibility index (Phi) is 4.34. The Labute approximate surface area is 129 Å². The number of hydrogen-bond donors (Lipinski definition) is 2. The van der Waals surface area contributed by atoms with Gasteiger partial charge in [0, 0.05) is 25.8 Å².